The van der Waals surface area contributed by atoms with Crippen molar-refractivity contribution < 1.29 is 22.7 Å². The summed E-state index contributed by atoms with van der Waals surface area (Å²) in [7, 11) is -1.98. The standard InChI is InChI=1S/C22H26N2O5S/c1-16-5-10-20(28-2)21-19(16)4-3-11-24(21)22(25)17-6-8-18(9-7-17)30(26,27)23-12-14-29-15-13-23/h5-10H,3-4,11-15H2,1-2H3. The lowest BCUT2D eigenvalue weighted by atomic mass is 9.95. The van der Waals surface area contributed by atoms with E-state index < -0.39 is 10.0 Å². The topological polar surface area (TPSA) is 76.2 Å². The number of ether oxygens (including phenoxy) is 2. The van der Waals surface area contributed by atoms with Crippen LogP contribution in [0.25, 0.3) is 0 Å². The van der Waals surface area contributed by atoms with Gasteiger partial charge in [0.25, 0.3) is 5.91 Å². The van der Waals surface area contributed by atoms with Gasteiger partial charge in [0.2, 0.25) is 10.0 Å². The molecule has 0 aliphatic carbocycles. The molecule has 0 spiro atoms. The summed E-state index contributed by atoms with van der Waals surface area (Å²) in [4.78, 5) is 15.2. The number of hydrogen-bond acceptors (Lipinski definition) is 5. The summed E-state index contributed by atoms with van der Waals surface area (Å²) in [6.07, 6.45) is 1.77. The molecule has 1 fully saturated rings. The van der Waals surface area contributed by atoms with Gasteiger partial charge in [-0.2, -0.15) is 4.31 Å². The third-order valence-electron chi connectivity index (χ3n) is 5.73. The SMILES string of the molecule is COc1ccc(C)c2c1N(C(=O)c1ccc(S(=O)(=O)N3CCOCC3)cc1)CCC2. The van der Waals surface area contributed by atoms with Gasteiger partial charge < -0.3 is 14.4 Å². The Morgan fingerprint density at radius 1 is 1.03 bits per heavy atom. The van der Waals surface area contributed by atoms with Gasteiger partial charge in [0.1, 0.15) is 5.75 Å². The van der Waals surface area contributed by atoms with Gasteiger partial charge in [-0.3, -0.25) is 4.79 Å². The van der Waals surface area contributed by atoms with Crippen LogP contribution in [0.4, 0.5) is 5.69 Å². The van der Waals surface area contributed by atoms with E-state index in [1.165, 1.54) is 16.4 Å². The highest BCUT2D eigenvalue weighted by Crippen LogP contribution is 2.39. The Bertz CT molecular complexity index is 1040. The first-order valence-electron chi connectivity index (χ1n) is 10.1. The first kappa shape index (κ1) is 20.8. The van der Waals surface area contributed by atoms with Crippen LogP contribution in [0.3, 0.4) is 0 Å². The van der Waals surface area contributed by atoms with Crippen LogP contribution >= 0.6 is 0 Å². The number of methoxy groups -OCH3 is 1. The molecule has 0 atom stereocenters. The van der Waals surface area contributed by atoms with Crippen molar-refractivity contribution in [1.82, 2.24) is 4.31 Å². The van der Waals surface area contributed by atoms with Crippen molar-refractivity contribution in [3.05, 3.63) is 53.1 Å². The summed E-state index contributed by atoms with van der Waals surface area (Å²) < 4.78 is 37.8. The largest absolute Gasteiger partial charge is 0.495 e. The lowest BCUT2D eigenvalue weighted by molar-refractivity contribution is 0.0730. The van der Waals surface area contributed by atoms with E-state index in [2.05, 4.69) is 0 Å². The molecule has 2 aliphatic heterocycles. The number of sulfonamides is 1. The van der Waals surface area contributed by atoms with E-state index in [-0.39, 0.29) is 10.8 Å². The van der Waals surface area contributed by atoms with E-state index in [1.807, 2.05) is 19.1 Å². The van der Waals surface area contributed by atoms with E-state index in [0.29, 0.717) is 44.2 Å². The summed E-state index contributed by atoms with van der Waals surface area (Å²) >= 11 is 0. The minimum absolute atomic E-state index is 0.157. The second-order valence-corrected chi connectivity index (χ2v) is 9.45. The number of carbonyl (C=O) groups is 1. The molecule has 30 heavy (non-hydrogen) atoms. The lowest BCUT2D eigenvalue weighted by Gasteiger charge is -2.32. The molecule has 0 unspecified atom stereocenters. The van der Waals surface area contributed by atoms with Crippen molar-refractivity contribution in [3.63, 3.8) is 0 Å². The van der Waals surface area contributed by atoms with Gasteiger partial charge >= 0.3 is 0 Å². The van der Waals surface area contributed by atoms with Crippen LogP contribution in [0.1, 0.15) is 27.9 Å². The quantitative estimate of drug-likeness (QED) is 0.745. The molecule has 2 aromatic rings. The predicted octanol–water partition coefficient (Wildman–Crippen LogP) is 2.62. The Morgan fingerprint density at radius 2 is 1.73 bits per heavy atom. The molecular formula is C22H26N2O5S. The van der Waals surface area contributed by atoms with Crippen molar-refractivity contribution in [2.24, 2.45) is 0 Å². The highest BCUT2D eigenvalue weighted by atomic mass is 32.2. The fraction of sp³-hybridized carbons (Fsp3) is 0.409. The Balaban J connectivity index is 1.62. The molecule has 1 amide bonds. The van der Waals surface area contributed by atoms with Gasteiger partial charge in [0, 0.05) is 25.2 Å². The van der Waals surface area contributed by atoms with Crippen LogP contribution in [0.5, 0.6) is 5.75 Å². The molecule has 7 nitrogen and oxygen atoms in total. The van der Waals surface area contributed by atoms with Crippen molar-refractivity contribution in [2.45, 2.75) is 24.7 Å². The maximum absolute atomic E-state index is 13.3. The molecule has 0 saturated carbocycles. The van der Waals surface area contributed by atoms with Crippen LogP contribution in [0.15, 0.2) is 41.3 Å². The van der Waals surface area contributed by atoms with Gasteiger partial charge in [-0.15, -0.1) is 0 Å². The minimum Gasteiger partial charge on any atom is -0.495 e. The monoisotopic (exact) mass is 430 g/mol. The molecule has 1 saturated heterocycles. The van der Waals surface area contributed by atoms with Crippen LogP contribution < -0.4 is 9.64 Å². The molecule has 2 heterocycles. The van der Waals surface area contributed by atoms with E-state index in [0.717, 1.165) is 29.7 Å². The first-order valence-corrected chi connectivity index (χ1v) is 11.5. The summed E-state index contributed by atoms with van der Waals surface area (Å²) in [6.45, 7) is 4.10. The average Bonchev–Trinajstić information content (AvgIpc) is 2.79. The molecule has 2 aliphatic rings. The fourth-order valence-corrected chi connectivity index (χ4v) is 5.49. The van der Waals surface area contributed by atoms with Crippen molar-refractivity contribution in [3.8, 4) is 5.75 Å². The molecule has 8 heteroatoms. The second-order valence-electron chi connectivity index (χ2n) is 7.51. The highest BCUT2D eigenvalue weighted by molar-refractivity contribution is 7.89. The van der Waals surface area contributed by atoms with Crippen LogP contribution in [0.2, 0.25) is 0 Å². The Morgan fingerprint density at radius 3 is 2.40 bits per heavy atom. The number of anilines is 1. The summed E-state index contributed by atoms with van der Waals surface area (Å²) in [5, 5.41) is 0. The molecule has 0 radical (unpaired) electrons. The number of nitrogens with zero attached hydrogens (tertiary/aromatic N) is 2. The number of hydrogen-bond donors (Lipinski definition) is 0. The molecule has 0 aromatic heterocycles. The molecule has 4 rings (SSSR count). The van der Waals surface area contributed by atoms with E-state index in [9.17, 15) is 13.2 Å². The molecule has 2 aromatic carbocycles. The third kappa shape index (κ3) is 3.71. The molecule has 0 N–H and O–H groups in total. The van der Waals surface area contributed by atoms with Crippen molar-refractivity contribution in [2.75, 3.05) is 44.9 Å². The summed E-state index contributed by atoms with van der Waals surface area (Å²) in [5.41, 5.74) is 3.53. The first-order chi connectivity index (χ1) is 14.4. The van der Waals surface area contributed by atoms with Crippen molar-refractivity contribution in [1.29, 1.82) is 0 Å². The predicted molar refractivity (Wildman–Crippen MR) is 114 cm³/mol. The number of aryl methyl sites for hydroxylation is 1. The van der Waals surface area contributed by atoms with Crippen LogP contribution in [-0.2, 0) is 21.2 Å². The van der Waals surface area contributed by atoms with Crippen LogP contribution in [0, 0.1) is 6.92 Å². The fourth-order valence-electron chi connectivity index (χ4n) is 4.08. The molecule has 0 bridgehead atoms. The van der Waals surface area contributed by atoms with Crippen LogP contribution in [-0.4, -0.2) is 58.6 Å². The number of morpholine rings is 1. The number of fused-ring (bicyclic) bond motifs is 1. The van der Waals surface area contributed by atoms with E-state index in [4.69, 9.17) is 9.47 Å². The van der Waals surface area contributed by atoms with Gasteiger partial charge in [-0.05, 0) is 61.2 Å². The zero-order valence-electron chi connectivity index (χ0n) is 17.3. The van der Waals surface area contributed by atoms with Crippen molar-refractivity contribution >= 4 is 21.6 Å². The van der Waals surface area contributed by atoms with E-state index >= 15 is 0 Å². The zero-order chi connectivity index (χ0) is 21.3. The maximum Gasteiger partial charge on any atom is 0.258 e. The minimum atomic E-state index is -3.59. The van der Waals surface area contributed by atoms with E-state index in [1.54, 1.807) is 24.1 Å². The zero-order valence-corrected chi connectivity index (χ0v) is 18.1. The van der Waals surface area contributed by atoms with Gasteiger partial charge in [0.15, 0.2) is 0 Å². The summed E-state index contributed by atoms with van der Waals surface area (Å²) in [5.74, 6) is 0.519. The number of benzene rings is 2. The molecule has 160 valence electrons. The average molecular weight is 431 g/mol. The maximum atomic E-state index is 13.3. The van der Waals surface area contributed by atoms with Gasteiger partial charge in [0.05, 0.1) is 30.9 Å². The Hall–Kier alpha value is -2.42. The molecular weight excluding hydrogens is 404 g/mol. The number of amides is 1. The highest BCUT2D eigenvalue weighted by Gasteiger charge is 2.29. The summed E-state index contributed by atoms with van der Waals surface area (Å²) in [6, 6.07) is 10.1. The Kier molecular flexibility index (Phi) is 5.81. The number of rotatable bonds is 4. The Labute approximate surface area is 177 Å². The number of carbonyl (C=O) groups excluding carboxylic acids is 1. The second kappa shape index (κ2) is 8.37. The normalized spacial score (nSPS) is 17.5. The smallest absolute Gasteiger partial charge is 0.258 e. The third-order valence-corrected chi connectivity index (χ3v) is 7.65. The lowest BCUT2D eigenvalue weighted by Crippen LogP contribution is -2.40. The van der Waals surface area contributed by atoms with Gasteiger partial charge in [-0.1, -0.05) is 6.07 Å². The van der Waals surface area contributed by atoms with Gasteiger partial charge in [-0.25, -0.2) is 8.42 Å².